The number of pyridine rings is 1. The van der Waals surface area contributed by atoms with E-state index in [2.05, 4.69) is 34.1 Å². The smallest absolute Gasteiger partial charge is 0.222 e. The number of furan rings is 1. The normalized spacial score (nSPS) is 11.4. The first-order valence-electron chi connectivity index (χ1n) is 9.47. The molecule has 3 rings (SSSR count). The molecule has 0 aliphatic heterocycles. The predicted molar refractivity (Wildman–Crippen MR) is 116 cm³/mol. The highest BCUT2D eigenvalue weighted by molar-refractivity contribution is 8.00. The van der Waals surface area contributed by atoms with Gasteiger partial charge < -0.3 is 20.2 Å². The molecule has 0 fully saturated rings. The van der Waals surface area contributed by atoms with Crippen LogP contribution in [0.15, 0.2) is 47.3 Å². The zero-order valence-corrected chi connectivity index (χ0v) is 17.8. The van der Waals surface area contributed by atoms with E-state index in [-0.39, 0.29) is 4.75 Å². The van der Waals surface area contributed by atoms with Crippen molar-refractivity contribution < 1.29 is 9.15 Å². The van der Waals surface area contributed by atoms with E-state index in [1.807, 2.05) is 48.4 Å². The van der Waals surface area contributed by atoms with Gasteiger partial charge >= 0.3 is 0 Å². The fraction of sp³-hybridized carbons (Fsp3) is 0.381. The molecule has 0 spiro atoms. The molecule has 0 aromatic carbocycles. The number of nitrogens with two attached hydrogens (primary N) is 1. The van der Waals surface area contributed by atoms with Gasteiger partial charge in [-0.3, -0.25) is 0 Å². The van der Waals surface area contributed by atoms with Crippen LogP contribution in [0, 0.1) is 0 Å². The van der Waals surface area contributed by atoms with Gasteiger partial charge in [0.2, 0.25) is 11.8 Å². The molecule has 0 unspecified atom stereocenters. The second-order valence-corrected chi connectivity index (χ2v) is 8.77. The molecule has 3 aromatic rings. The van der Waals surface area contributed by atoms with Crippen molar-refractivity contribution in [3.63, 3.8) is 0 Å². The largest absolute Gasteiger partial charge is 0.481 e. The molecule has 0 saturated carbocycles. The van der Waals surface area contributed by atoms with Gasteiger partial charge in [0.1, 0.15) is 11.5 Å². The Morgan fingerprint density at radius 3 is 2.45 bits per heavy atom. The van der Waals surface area contributed by atoms with Crippen LogP contribution >= 0.6 is 11.8 Å². The SMILES string of the molecule is COc1ccc(Cc2cnc(NCCSC(C)(C)c3ccc(CN)o3)nc2)cn1. The Balaban J connectivity index is 1.45. The number of hydrogen-bond donors (Lipinski definition) is 2. The van der Waals surface area contributed by atoms with Crippen LogP contribution in [0.1, 0.15) is 36.5 Å². The maximum atomic E-state index is 5.79. The van der Waals surface area contributed by atoms with E-state index in [1.165, 1.54) is 0 Å². The molecule has 0 aliphatic carbocycles. The van der Waals surface area contributed by atoms with E-state index in [4.69, 9.17) is 14.9 Å². The van der Waals surface area contributed by atoms with Crippen molar-refractivity contribution in [3.05, 3.63) is 65.5 Å². The van der Waals surface area contributed by atoms with Crippen LogP contribution in [-0.2, 0) is 17.7 Å². The van der Waals surface area contributed by atoms with Crippen LogP contribution in [0.5, 0.6) is 5.88 Å². The van der Waals surface area contributed by atoms with Crippen molar-refractivity contribution in [2.24, 2.45) is 5.73 Å². The Bertz CT molecular complexity index is 894. The molecule has 0 aliphatic rings. The molecule has 7 nitrogen and oxygen atoms in total. The number of rotatable bonds is 10. The van der Waals surface area contributed by atoms with Crippen molar-refractivity contribution in [2.75, 3.05) is 24.7 Å². The maximum absolute atomic E-state index is 5.79. The van der Waals surface area contributed by atoms with Gasteiger partial charge in [0.25, 0.3) is 0 Å². The molecule has 29 heavy (non-hydrogen) atoms. The summed E-state index contributed by atoms with van der Waals surface area (Å²) in [7, 11) is 1.61. The fourth-order valence-corrected chi connectivity index (χ4v) is 3.73. The molecule has 0 bridgehead atoms. The minimum atomic E-state index is -0.119. The highest BCUT2D eigenvalue weighted by atomic mass is 32.2. The summed E-state index contributed by atoms with van der Waals surface area (Å²) in [4.78, 5) is 13.0. The topological polar surface area (TPSA) is 99.1 Å². The molecule has 154 valence electrons. The van der Waals surface area contributed by atoms with Crippen molar-refractivity contribution in [1.82, 2.24) is 15.0 Å². The van der Waals surface area contributed by atoms with Gasteiger partial charge in [0.05, 0.1) is 18.4 Å². The number of hydrogen-bond acceptors (Lipinski definition) is 8. The maximum Gasteiger partial charge on any atom is 0.222 e. The number of anilines is 1. The van der Waals surface area contributed by atoms with Gasteiger partial charge in [-0.2, -0.15) is 0 Å². The van der Waals surface area contributed by atoms with Crippen LogP contribution in [-0.4, -0.2) is 34.4 Å². The van der Waals surface area contributed by atoms with Crippen molar-refractivity contribution >= 4 is 17.7 Å². The lowest BCUT2D eigenvalue weighted by Gasteiger charge is -2.21. The first-order valence-corrected chi connectivity index (χ1v) is 10.5. The molecule has 3 heterocycles. The molecule has 3 aromatic heterocycles. The predicted octanol–water partition coefficient (Wildman–Crippen LogP) is 3.60. The van der Waals surface area contributed by atoms with E-state index in [0.717, 1.165) is 41.4 Å². The quantitative estimate of drug-likeness (QED) is 0.486. The van der Waals surface area contributed by atoms with Crippen LogP contribution in [0.3, 0.4) is 0 Å². The summed E-state index contributed by atoms with van der Waals surface area (Å²) in [6.07, 6.45) is 6.22. The first kappa shape index (κ1) is 21.1. The van der Waals surface area contributed by atoms with Gasteiger partial charge in [-0.05, 0) is 37.1 Å². The van der Waals surface area contributed by atoms with Crippen LogP contribution in [0.4, 0.5) is 5.95 Å². The number of aromatic nitrogens is 3. The number of thioether (sulfide) groups is 1. The molecular formula is C21H27N5O2S. The molecule has 0 saturated heterocycles. The van der Waals surface area contributed by atoms with Crippen molar-refractivity contribution in [2.45, 2.75) is 31.6 Å². The Morgan fingerprint density at radius 2 is 1.83 bits per heavy atom. The minimum absolute atomic E-state index is 0.119. The van der Waals surface area contributed by atoms with Gasteiger partial charge in [0, 0.05) is 43.4 Å². The summed E-state index contributed by atoms with van der Waals surface area (Å²) in [5.41, 5.74) is 7.75. The standard InChI is InChI=1S/C21H27N5O2S/c1-21(2,18-6-5-17(11-22)28-18)29-9-8-23-20-25-13-16(14-26-20)10-15-4-7-19(27-3)24-12-15/h4-7,12-14H,8-11,22H2,1-3H3,(H,23,25,26). The lowest BCUT2D eigenvalue weighted by molar-refractivity contribution is 0.397. The third-order valence-corrected chi connectivity index (χ3v) is 5.76. The third kappa shape index (κ3) is 5.95. The molecule has 0 atom stereocenters. The van der Waals surface area contributed by atoms with E-state index in [9.17, 15) is 0 Å². The van der Waals surface area contributed by atoms with E-state index >= 15 is 0 Å². The lowest BCUT2D eigenvalue weighted by atomic mass is 10.1. The van der Waals surface area contributed by atoms with Gasteiger partial charge in [-0.25, -0.2) is 15.0 Å². The van der Waals surface area contributed by atoms with Crippen LogP contribution in [0.25, 0.3) is 0 Å². The van der Waals surface area contributed by atoms with Gasteiger partial charge in [0.15, 0.2) is 0 Å². The van der Waals surface area contributed by atoms with Crippen LogP contribution < -0.4 is 15.8 Å². The zero-order chi connectivity index (χ0) is 20.7. The Hall–Kier alpha value is -2.58. The van der Waals surface area contributed by atoms with Gasteiger partial charge in [-0.15, -0.1) is 11.8 Å². The minimum Gasteiger partial charge on any atom is -0.481 e. The number of methoxy groups -OCH3 is 1. The third-order valence-electron chi connectivity index (χ3n) is 4.42. The summed E-state index contributed by atoms with van der Waals surface area (Å²) >= 11 is 1.81. The Labute approximate surface area is 175 Å². The molecular weight excluding hydrogens is 386 g/mol. The van der Waals surface area contributed by atoms with E-state index in [0.29, 0.717) is 18.4 Å². The summed E-state index contributed by atoms with van der Waals surface area (Å²) in [6.45, 7) is 5.48. The number of nitrogens with zero attached hydrogens (tertiary/aromatic N) is 3. The highest BCUT2D eigenvalue weighted by Gasteiger charge is 2.24. The summed E-state index contributed by atoms with van der Waals surface area (Å²) < 4.78 is 10.7. The van der Waals surface area contributed by atoms with Crippen molar-refractivity contribution in [3.8, 4) is 5.88 Å². The molecule has 0 radical (unpaired) electrons. The fourth-order valence-electron chi connectivity index (χ4n) is 2.76. The first-order chi connectivity index (χ1) is 14.0. The number of ether oxygens (including phenoxy) is 1. The summed E-state index contributed by atoms with van der Waals surface area (Å²) in [5.74, 6) is 3.89. The highest BCUT2D eigenvalue weighted by Crippen LogP contribution is 2.36. The Morgan fingerprint density at radius 1 is 1.07 bits per heavy atom. The lowest BCUT2D eigenvalue weighted by Crippen LogP contribution is -2.15. The number of nitrogens with one attached hydrogen (secondary N) is 1. The van der Waals surface area contributed by atoms with E-state index in [1.54, 1.807) is 13.3 Å². The second-order valence-electron chi connectivity index (χ2n) is 7.06. The average Bonchev–Trinajstić information content (AvgIpc) is 3.23. The average molecular weight is 414 g/mol. The summed E-state index contributed by atoms with van der Waals surface area (Å²) in [5, 5.41) is 3.27. The molecule has 0 amide bonds. The monoisotopic (exact) mass is 413 g/mol. The molecule has 8 heteroatoms. The Kier molecular flexibility index (Phi) is 7.11. The molecule has 3 N–H and O–H groups in total. The van der Waals surface area contributed by atoms with E-state index < -0.39 is 0 Å². The summed E-state index contributed by atoms with van der Waals surface area (Å²) in [6, 6.07) is 7.79. The second kappa shape index (κ2) is 9.76. The zero-order valence-electron chi connectivity index (χ0n) is 17.0. The van der Waals surface area contributed by atoms with Gasteiger partial charge in [-0.1, -0.05) is 6.07 Å². The van der Waals surface area contributed by atoms with Crippen LogP contribution in [0.2, 0.25) is 0 Å². The van der Waals surface area contributed by atoms with Crippen molar-refractivity contribution in [1.29, 1.82) is 0 Å².